The van der Waals surface area contributed by atoms with Gasteiger partial charge in [0.2, 0.25) is 0 Å². The Kier molecular flexibility index (Phi) is 5.71. The van der Waals surface area contributed by atoms with Gasteiger partial charge in [0.25, 0.3) is 0 Å². The molecule has 78 valence electrons. The summed E-state index contributed by atoms with van der Waals surface area (Å²) in [7, 11) is 0. The number of ether oxygens (including phenoxy) is 1. The predicted molar refractivity (Wildman–Crippen MR) is 53.6 cm³/mol. The highest BCUT2D eigenvalue weighted by atomic mass is 16.5. The molecule has 3 heteroatoms. The molecule has 1 N–H and O–H groups in total. The van der Waals surface area contributed by atoms with Crippen LogP contribution in [-0.2, 0) is 9.53 Å². The Morgan fingerprint density at radius 2 is 2.00 bits per heavy atom. The standard InChI is InChI=1S/C10H21NO2/c1-5-11-8-9(12)13-7-6-10(2,3)4/h11H,5-8H2,1-4H3. The molecule has 3 nitrogen and oxygen atoms in total. The Hall–Kier alpha value is -0.570. The van der Waals surface area contributed by atoms with Gasteiger partial charge in [-0.2, -0.15) is 0 Å². The van der Waals surface area contributed by atoms with Crippen LogP contribution in [0.5, 0.6) is 0 Å². The van der Waals surface area contributed by atoms with E-state index in [4.69, 9.17) is 4.74 Å². The van der Waals surface area contributed by atoms with E-state index in [9.17, 15) is 4.79 Å². The quantitative estimate of drug-likeness (QED) is 0.664. The Morgan fingerprint density at radius 1 is 1.38 bits per heavy atom. The van der Waals surface area contributed by atoms with E-state index in [1.54, 1.807) is 0 Å². The molecule has 0 amide bonds. The molecule has 0 saturated heterocycles. The van der Waals surface area contributed by atoms with Crippen LogP contribution in [0.4, 0.5) is 0 Å². The van der Waals surface area contributed by atoms with Crippen LogP contribution in [0.25, 0.3) is 0 Å². The maximum absolute atomic E-state index is 11.0. The van der Waals surface area contributed by atoms with Crippen LogP contribution >= 0.6 is 0 Å². The lowest BCUT2D eigenvalue weighted by Gasteiger charge is -2.17. The van der Waals surface area contributed by atoms with Crippen LogP contribution in [0.1, 0.15) is 34.1 Å². The molecule has 13 heavy (non-hydrogen) atoms. The van der Waals surface area contributed by atoms with Crippen molar-refractivity contribution in [3.05, 3.63) is 0 Å². The SMILES string of the molecule is CCNCC(=O)OCCC(C)(C)C. The van der Waals surface area contributed by atoms with Gasteiger partial charge in [0, 0.05) is 0 Å². The molecule has 0 radical (unpaired) electrons. The Morgan fingerprint density at radius 3 is 2.46 bits per heavy atom. The van der Waals surface area contributed by atoms with Crippen molar-refractivity contribution in [2.75, 3.05) is 19.7 Å². The number of likely N-dealkylation sites (N-methyl/N-ethyl adjacent to an activating group) is 1. The van der Waals surface area contributed by atoms with E-state index in [1.807, 2.05) is 6.92 Å². The summed E-state index contributed by atoms with van der Waals surface area (Å²) in [6.07, 6.45) is 0.908. The fourth-order valence-electron chi connectivity index (χ4n) is 0.749. The first-order valence-corrected chi connectivity index (χ1v) is 4.82. The first-order chi connectivity index (χ1) is 5.95. The summed E-state index contributed by atoms with van der Waals surface area (Å²) in [6.45, 7) is 9.99. The van der Waals surface area contributed by atoms with E-state index < -0.39 is 0 Å². The van der Waals surface area contributed by atoms with Gasteiger partial charge in [-0.15, -0.1) is 0 Å². The lowest BCUT2D eigenvalue weighted by molar-refractivity contribution is -0.143. The fourth-order valence-corrected chi connectivity index (χ4v) is 0.749. The van der Waals surface area contributed by atoms with E-state index in [1.165, 1.54) is 0 Å². The number of hydrogen-bond donors (Lipinski definition) is 1. The summed E-state index contributed by atoms with van der Waals surface area (Å²) in [5.41, 5.74) is 0.235. The summed E-state index contributed by atoms with van der Waals surface area (Å²) < 4.78 is 5.02. The van der Waals surface area contributed by atoms with Crippen molar-refractivity contribution in [2.45, 2.75) is 34.1 Å². The third-order valence-electron chi connectivity index (χ3n) is 1.63. The summed E-state index contributed by atoms with van der Waals surface area (Å²) in [6, 6.07) is 0. The summed E-state index contributed by atoms with van der Waals surface area (Å²) in [5.74, 6) is -0.161. The molecule has 0 atom stereocenters. The number of carbonyl (C=O) groups is 1. The van der Waals surface area contributed by atoms with Crippen molar-refractivity contribution in [2.24, 2.45) is 5.41 Å². The number of nitrogens with one attached hydrogen (secondary N) is 1. The average Bonchev–Trinajstić information content (AvgIpc) is 1.98. The van der Waals surface area contributed by atoms with Gasteiger partial charge in [0.15, 0.2) is 0 Å². The van der Waals surface area contributed by atoms with Crippen molar-refractivity contribution in [3.8, 4) is 0 Å². The first-order valence-electron chi connectivity index (χ1n) is 4.82. The fraction of sp³-hybridized carbons (Fsp3) is 0.900. The Balaban J connectivity index is 3.37. The van der Waals surface area contributed by atoms with Crippen molar-refractivity contribution in [1.29, 1.82) is 0 Å². The molecule has 0 spiro atoms. The van der Waals surface area contributed by atoms with E-state index in [2.05, 4.69) is 26.1 Å². The van der Waals surface area contributed by atoms with Crippen molar-refractivity contribution >= 4 is 5.97 Å². The molecule has 0 rings (SSSR count). The molecule has 0 saturated carbocycles. The lowest BCUT2D eigenvalue weighted by Crippen LogP contribution is -2.25. The van der Waals surface area contributed by atoms with Gasteiger partial charge in [0.1, 0.15) is 0 Å². The molecule has 0 unspecified atom stereocenters. The lowest BCUT2D eigenvalue weighted by atomic mass is 9.93. The average molecular weight is 187 g/mol. The minimum absolute atomic E-state index is 0.161. The molecule has 0 aliphatic rings. The summed E-state index contributed by atoms with van der Waals surface area (Å²) >= 11 is 0. The van der Waals surface area contributed by atoms with Crippen LogP contribution in [-0.4, -0.2) is 25.7 Å². The molecule has 0 aliphatic heterocycles. The molecule has 0 heterocycles. The molecule has 0 aromatic rings. The highest BCUT2D eigenvalue weighted by Gasteiger charge is 2.10. The van der Waals surface area contributed by atoms with Crippen LogP contribution in [0.2, 0.25) is 0 Å². The zero-order valence-corrected chi connectivity index (χ0v) is 9.14. The second-order valence-electron chi connectivity index (χ2n) is 4.31. The monoisotopic (exact) mass is 187 g/mol. The van der Waals surface area contributed by atoms with Crippen LogP contribution in [0.15, 0.2) is 0 Å². The highest BCUT2D eigenvalue weighted by Crippen LogP contribution is 2.17. The van der Waals surface area contributed by atoms with Gasteiger partial charge in [-0.05, 0) is 18.4 Å². The van der Waals surface area contributed by atoms with E-state index in [0.717, 1.165) is 13.0 Å². The number of esters is 1. The molecular weight excluding hydrogens is 166 g/mol. The normalized spacial score (nSPS) is 11.4. The Bertz CT molecular complexity index is 149. The van der Waals surface area contributed by atoms with E-state index in [0.29, 0.717) is 13.2 Å². The van der Waals surface area contributed by atoms with Crippen molar-refractivity contribution in [1.82, 2.24) is 5.32 Å². The smallest absolute Gasteiger partial charge is 0.319 e. The third-order valence-corrected chi connectivity index (χ3v) is 1.63. The van der Waals surface area contributed by atoms with Gasteiger partial charge in [-0.3, -0.25) is 4.79 Å². The third kappa shape index (κ3) is 9.34. The number of carbonyl (C=O) groups excluding carboxylic acids is 1. The van der Waals surface area contributed by atoms with Gasteiger partial charge in [0.05, 0.1) is 13.2 Å². The Labute approximate surface area is 80.8 Å². The van der Waals surface area contributed by atoms with Crippen molar-refractivity contribution < 1.29 is 9.53 Å². The summed E-state index contributed by atoms with van der Waals surface area (Å²) in [4.78, 5) is 11.0. The molecule has 0 bridgehead atoms. The molecule has 0 aromatic heterocycles. The molecule has 0 aromatic carbocycles. The van der Waals surface area contributed by atoms with Gasteiger partial charge < -0.3 is 10.1 Å². The van der Waals surface area contributed by atoms with E-state index in [-0.39, 0.29) is 11.4 Å². The minimum Gasteiger partial charge on any atom is -0.465 e. The molecular formula is C10H21NO2. The maximum atomic E-state index is 11.0. The zero-order chi connectivity index (χ0) is 10.3. The number of rotatable bonds is 5. The second-order valence-corrected chi connectivity index (χ2v) is 4.31. The summed E-state index contributed by atoms with van der Waals surface area (Å²) in [5, 5.41) is 2.92. The first kappa shape index (κ1) is 12.4. The van der Waals surface area contributed by atoms with Gasteiger partial charge in [-0.25, -0.2) is 0 Å². The maximum Gasteiger partial charge on any atom is 0.319 e. The van der Waals surface area contributed by atoms with Crippen LogP contribution < -0.4 is 5.32 Å². The predicted octanol–water partition coefficient (Wildman–Crippen LogP) is 1.58. The largest absolute Gasteiger partial charge is 0.465 e. The molecule has 0 aliphatic carbocycles. The van der Waals surface area contributed by atoms with Gasteiger partial charge >= 0.3 is 5.97 Å². The number of hydrogen-bond acceptors (Lipinski definition) is 3. The van der Waals surface area contributed by atoms with Crippen LogP contribution in [0.3, 0.4) is 0 Å². The van der Waals surface area contributed by atoms with Crippen LogP contribution in [0, 0.1) is 5.41 Å². The zero-order valence-electron chi connectivity index (χ0n) is 9.14. The highest BCUT2D eigenvalue weighted by molar-refractivity contribution is 5.71. The minimum atomic E-state index is -0.161. The van der Waals surface area contributed by atoms with Gasteiger partial charge in [-0.1, -0.05) is 27.7 Å². The molecule has 0 fully saturated rings. The van der Waals surface area contributed by atoms with Crippen molar-refractivity contribution in [3.63, 3.8) is 0 Å². The van der Waals surface area contributed by atoms with E-state index >= 15 is 0 Å². The second kappa shape index (κ2) is 5.97. The topological polar surface area (TPSA) is 38.3 Å².